The summed E-state index contributed by atoms with van der Waals surface area (Å²) in [5.41, 5.74) is 0.919. The van der Waals surface area contributed by atoms with Gasteiger partial charge in [0, 0.05) is 30.3 Å². The van der Waals surface area contributed by atoms with Gasteiger partial charge in [-0.2, -0.15) is 5.10 Å². The van der Waals surface area contributed by atoms with Crippen LogP contribution in [-0.2, 0) is 16.1 Å². The van der Waals surface area contributed by atoms with Gasteiger partial charge < -0.3 is 19.5 Å². The van der Waals surface area contributed by atoms with Crippen molar-refractivity contribution in [3.63, 3.8) is 0 Å². The molecule has 3 aromatic rings. The molecule has 0 saturated carbocycles. The number of carbonyl (C=O) groups excluding carboxylic acids is 2. The molecule has 4 rings (SSSR count). The summed E-state index contributed by atoms with van der Waals surface area (Å²) in [4.78, 5) is 28.9. The summed E-state index contributed by atoms with van der Waals surface area (Å²) in [7, 11) is 0. The minimum atomic E-state index is -0.492. The lowest BCUT2D eigenvalue weighted by Gasteiger charge is -2.09. The molecule has 10 heteroatoms. The molecule has 1 aromatic carbocycles. The highest BCUT2D eigenvalue weighted by Gasteiger charge is 2.17. The van der Waals surface area contributed by atoms with E-state index in [2.05, 4.69) is 15.4 Å². The van der Waals surface area contributed by atoms with Crippen LogP contribution in [0.1, 0.15) is 10.4 Å². The number of hydrogen-bond acceptors (Lipinski definition) is 8. The first kappa shape index (κ1) is 19.8. The molecule has 0 saturated heterocycles. The van der Waals surface area contributed by atoms with Crippen molar-refractivity contribution in [2.45, 2.75) is 11.6 Å². The maximum absolute atomic E-state index is 12.4. The quantitative estimate of drug-likeness (QED) is 0.433. The van der Waals surface area contributed by atoms with Gasteiger partial charge >= 0.3 is 5.97 Å². The van der Waals surface area contributed by atoms with Crippen molar-refractivity contribution in [3.8, 4) is 11.5 Å². The molecule has 1 aliphatic rings. The fraction of sp³-hybridized carbons (Fsp3) is 0.200. The van der Waals surface area contributed by atoms with E-state index < -0.39 is 5.97 Å². The molecule has 0 atom stereocenters. The third-order valence-corrected chi connectivity index (χ3v) is 5.11. The van der Waals surface area contributed by atoms with Crippen LogP contribution >= 0.6 is 11.8 Å². The van der Waals surface area contributed by atoms with Gasteiger partial charge in [-0.3, -0.25) is 9.48 Å². The second-order valence-corrected chi connectivity index (χ2v) is 7.13. The van der Waals surface area contributed by atoms with Crippen LogP contribution in [0.2, 0.25) is 0 Å². The van der Waals surface area contributed by atoms with Crippen LogP contribution in [0.15, 0.2) is 60.0 Å². The molecule has 3 heterocycles. The number of ether oxygens (including phenoxy) is 3. The zero-order valence-corrected chi connectivity index (χ0v) is 16.6. The summed E-state index contributed by atoms with van der Waals surface area (Å²) in [6.07, 6.45) is 5.02. The molecule has 1 N–H and O–H groups in total. The maximum atomic E-state index is 12.4. The van der Waals surface area contributed by atoms with Crippen LogP contribution in [-0.4, -0.2) is 45.8 Å². The monoisotopic (exact) mass is 426 g/mol. The number of anilines is 1. The predicted octanol–water partition coefficient (Wildman–Crippen LogP) is 2.59. The van der Waals surface area contributed by atoms with E-state index in [1.165, 1.54) is 0 Å². The average molecular weight is 426 g/mol. The number of benzene rings is 1. The average Bonchev–Trinajstić information content (AvgIpc) is 3.44. The number of fused-ring (bicyclic) bond motifs is 1. The summed E-state index contributed by atoms with van der Waals surface area (Å²) >= 11 is 1.16. The second-order valence-electron chi connectivity index (χ2n) is 6.17. The Bertz CT molecular complexity index is 1040. The lowest BCUT2D eigenvalue weighted by molar-refractivity contribution is -0.113. The molecule has 0 unspecified atom stereocenters. The Labute approximate surface area is 176 Å². The third-order valence-electron chi connectivity index (χ3n) is 4.10. The smallest absolute Gasteiger partial charge is 0.340 e. The van der Waals surface area contributed by atoms with Crippen LogP contribution in [0.25, 0.3) is 0 Å². The van der Waals surface area contributed by atoms with E-state index in [0.717, 1.165) is 11.8 Å². The fourth-order valence-electron chi connectivity index (χ4n) is 2.71. The topological polar surface area (TPSA) is 105 Å². The van der Waals surface area contributed by atoms with E-state index in [9.17, 15) is 9.59 Å². The Balaban J connectivity index is 1.31. The first-order valence-electron chi connectivity index (χ1n) is 9.11. The largest absolute Gasteiger partial charge is 0.460 e. The highest BCUT2D eigenvalue weighted by molar-refractivity contribution is 8.00. The molecule has 2 aromatic heterocycles. The predicted molar refractivity (Wildman–Crippen MR) is 109 cm³/mol. The Morgan fingerprint density at radius 3 is 2.93 bits per heavy atom. The third kappa shape index (κ3) is 4.90. The first-order valence-corrected chi connectivity index (χ1v) is 10.1. The SMILES string of the molecule is O=C(CSc1ncccc1C(=O)OCCn1cccn1)Nc1ccc2c(c1)OCO2. The molecule has 154 valence electrons. The maximum Gasteiger partial charge on any atom is 0.340 e. The number of aromatic nitrogens is 3. The Kier molecular flexibility index (Phi) is 6.14. The van der Waals surface area contributed by atoms with Crippen LogP contribution in [0, 0.1) is 0 Å². The summed E-state index contributed by atoms with van der Waals surface area (Å²) in [6, 6.07) is 10.3. The Morgan fingerprint density at radius 1 is 1.17 bits per heavy atom. The van der Waals surface area contributed by atoms with E-state index in [0.29, 0.717) is 34.3 Å². The first-order chi connectivity index (χ1) is 14.7. The molecule has 1 amide bonds. The van der Waals surface area contributed by atoms with Crippen LogP contribution in [0.5, 0.6) is 11.5 Å². The summed E-state index contributed by atoms with van der Waals surface area (Å²) in [6.45, 7) is 0.812. The molecule has 0 aliphatic carbocycles. The summed E-state index contributed by atoms with van der Waals surface area (Å²) < 4.78 is 17.5. The van der Waals surface area contributed by atoms with Crippen LogP contribution < -0.4 is 14.8 Å². The van der Waals surface area contributed by atoms with Gasteiger partial charge in [-0.15, -0.1) is 0 Å². The van der Waals surface area contributed by atoms with E-state index >= 15 is 0 Å². The molecule has 1 aliphatic heterocycles. The van der Waals surface area contributed by atoms with E-state index in [1.54, 1.807) is 59.7 Å². The van der Waals surface area contributed by atoms with Gasteiger partial charge in [-0.05, 0) is 30.3 Å². The van der Waals surface area contributed by atoms with Crippen LogP contribution in [0.4, 0.5) is 5.69 Å². The van der Waals surface area contributed by atoms with Crippen molar-refractivity contribution in [1.29, 1.82) is 0 Å². The van der Waals surface area contributed by atoms with Gasteiger partial charge in [0.05, 0.1) is 17.9 Å². The Morgan fingerprint density at radius 2 is 2.07 bits per heavy atom. The molecular weight excluding hydrogens is 408 g/mol. The fourth-order valence-corrected chi connectivity index (χ4v) is 3.49. The van der Waals surface area contributed by atoms with Gasteiger partial charge in [-0.1, -0.05) is 11.8 Å². The van der Waals surface area contributed by atoms with Gasteiger partial charge in [0.25, 0.3) is 0 Å². The molecule has 9 nitrogen and oxygen atoms in total. The van der Waals surface area contributed by atoms with Crippen molar-refractivity contribution in [2.75, 3.05) is 24.5 Å². The highest BCUT2D eigenvalue weighted by Crippen LogP contribution is 2.34. The molecule has 30 heavy (non-hydrogen) atoms. The van der Waals surface area contributed by atoms with Crippen LogP contribution in [0.3, 0.4) is 0 Å². The van der Waals surface area contributed by atoms with Crippen molar-refractivity contribution in [2.24, 2.45) is 0 Å². The van der Waals surface area contributed by atoms with E-state index in [-0.39, 0.29) is 25.1 Å². The second kappa shape index (κ2) is 9.31. The number of hydrogen-bond donors (Lipinski definition) is 1. The molecule has 0 fully saturated rings. The number of nitrogens with one attached hydrogen (secondary N) is 1. The highest BCUT2D eigenvalue weighted by atomic mass is 32.2. The van der Waals surface area contributed by atoms with Gasteiger partial charge in [0.15, 0.2) is 11.5 Å². The minimum Gasteiger partial charge on any atom is -0.460 e. The normalized spacial score (nSPS) is 11.9. The standard InChI is InChI=1S/C20H18N4O5S/c25-18(23-14-4-5-16-17(11-14)29-13-28-16)12-30-19-15(3-1-6-21-19)20(26)27-10-9-24-8-2-7-22-24/h1-8,11H,9-10,12-13H2,(H,23,25). The molecular formula is C20H18N4O5S. The van der Waals surface area contributed by atoms with E-state index in [4.69, 9.17) is 14.2 Å². The number of carbonyl (C=O) groups is 2. The number of rotatable bonds is 8. The van der Waals surface area contributed by atoms with Gasteiger partial charge in [0.2, 0.25) is 12.7 Å². The molecule has 0 radical (unpaired) electrons. The van der Waals surface area contributed by atoms with Gasteiger partial charge in [-0.25, -0.2) is 9.78 Å². The number of nitrogens with zero attached hydrogens (tertiary/aromatic N) is 3. The number of amides is 1. The van der Waals surface area contributed by atoms with Crippen molar-refractivity contribution >= 4 is 29.3 Å². The summed E-state index contributed by atoms with van der Waals surface area (Å²) in [5.74, 6) is 0.590. The molecule has 0 bridgehead atoms. The van der Waals surface area contributed by atoms with Crippen molar-refractivity contribution < 1.29 is 23.8 Å². The number of thioether (sulfide) groups is 1. The Hall–Kier alpha value is -3.53. The number of pyridine rings is 1. The van der Waals surface area contributed by atoms with Crippen molar-refractivity contribution in [1.82, 2.24) is 14.8 Å². The lowest BCUT2D eigenvalue weighted by Crippen LogP contribution is -2.15. The molecule has 0 spiro atoms. The zero-order chi connectivity index (χ0) is 20.8. The zero-order valence-electron chi connectivity index (χ0n) is 15.8. The van der Waals surface area contributed by atoms with Gasteiger partial charge in [0.1, 0.15) is 11.6 Å². The van der Waals surface area contributed by atoms with Crippen molar-refractivity contribution in [3.05, 3.63) is 60.6 Å². The van der Waals surface area contributed by atoms with E-state index in [1.807, 2.05) is 0 Å². The summed E-state index contributed by atoms with van der Waals surface area (Å²) in [5, 5.41) is 7.28. The lowest BCUT2D eigenvalue weighted by atomic mass is 10.3. The number of esters is 1. The minimum absolute atomic E-state index is 0.0824.